The summed E-state index contributed by atoms with van der Waals surface area (Å²) in [7, 11) is 0. The van der Waals surface area contributed by atoms with Crippen molar-refractivity contribution < 1.29 is 0 Å². The first-order valence-corrected chi connectivity index (χ1v) is 6.79. The number of nitrogens with one attached hydrogen (secondary N) is 1. The molecule has 1 fully saturated rings. The first-order chi connectivity index (χ1) is 9.29. The van der Waals surface area contributed by atoms with Gasteiger partial charge in [-0.2, -0.15) is 15.5 Å². The summed E-state index contributed by atoms with van der Waals surface area (Å²) in [6.07, 6.45) is 8.26. The molecule has 0 saturated heterocycles. The zero-order valence-electron chi connectivity index (χ0n) is 11.0. The van der Waals surface area contributed by atoms with Crippen LogP contribution in [-0.2, 0) is 0 Å². The Morgan fingerprint density at radius 1 is 1.37 bits per heavy atom. The van der Waals surface area contributed by atoms with E-state index in [2.05, 4.69) is 28.5 Å². The summed E-state index contributed by atoms with van der Waals surface area (Å²) in [6, 6.07) is 4.54. The minimum Gasteiger partial charge on any atom is -0.379 e. The van der Waals surface area contributed by atoms with Crippen LogP contribution in [0.15, 0.2) is 18.5 Å². The third-order valence-corrected chi connectivity index (χ3v) is 4.01. The Morgan fingerprint density at radius 2 is 2.21 bits per heavy atom. The molecule has 5 nitrogen and oxygen atoms in total. The van der Waals surface area contributed by atoms with E-state index in [1.54, 1.807) is 17.0 Å². The molecule has 2 aromatic rings. The lowest BCUT2D eigenvalue weighted by molar-refractivity contribution is 0.349. The first-order valence-electron chi connectivity index (χ1n) is 6.79. The number of hydrogen-bond acceptors (Lipinski definition) is 4. The van der Waals surface area contributed by atoms with Gasteiger partial charge in [0.1, 0.15) is 11.6 Å². The Kier molecular flexibility index (Phi) is 3.08. The predicted octanol–water partition coefficient (Wildman–Crippen LogP) is 2.59. The van der Waals surface area contributed by atoms with Crippen molar-refractivity contribution in [3.8, 4) is 6.07 Å². The molecule has 0 amide bonds. The van der Waals surface area contributed by atoms with Crippen molar-refractivity contribution in [2.75, 3.05) is 5.32 Å². The number of nitrogens with zero attached hydrogens (tertiary/aromatic N) is 4. The molecule has 2 atom stereocenters. The molecule has 3 rings (SSSR count). The number of nitriles is 1. The maximum Gasteiger partial charge on any atom is 0.112 e. The Labute approximate surface area is 112 Å². The molecular formula is C14H17N5. The minimum absolute atomic E-state index is 0.432. The van der Waals surface area contributed by atoms with Gasteiger partial charge in [-0.05, 0) is 24.8 Å². The Hall–Kier alpha value is -2.09. The van der Waals surface area contributed by atoms with E-state index in [0.717, 1.165) is 17.6 Å². The third kappa shape index (κ3) is 2.14. The highest BCUT2D eigenvalue weighted by Crippen LogP contribution is 2.29. The van der Waals surface area contributed by atoms with Crippen molar-refractivity contribution >= 4 is 11.2 Å². The highest BCUT2D eigenvalue weighted by Gasteiger charge is 2.23. The smallest absolute Gasteiger partial charge is 0.112 e. The van der Waals surface area contributed by atoms with Crippen molar-refractivity contribution in [2.24, 2.45) is 5.92 Å². The van der Waals surface area contributed by atoms with Gasteiger partial charge in [0.15, 0.2) is 0 Å². The van der Waals surface area contributed by atoms with E-state index in [1.165, 1.54) is 19.3 Å². The summed E-state index contributed by atoms with van der Waals surface area (Å²) >= 11 is 0. The summed E-state index contributed by atoms with van der Waals surface area (Å²) in [5, 5.41) is 21.1. The van der Waals surface area contributed by atoms with Gasteiger partial charge in [-0.25, -0.2) is 0 Å². The SMILES string of the molecule is CC1CCCCC1Nc1c(C#N)cnn2nccc12. The van der Waals surface area contributed by atoms with Gasteiger partial charge < -0.3 is 5.32 Å². The lowest BCUT2D eigenvalue weighted by Gasteiger charge is -2.30. The maximum atomic E-state index is 9.25. The normalized spacial score (nSPS) is 23.2. The fourth-order valence-corrected chi connectivity index (χ4v) is 2.84. The number of hydrogen-bond donors (Lipinski definition) is 1. The molecule has 0 bridgehead atoms. The van der Waals surface area contributed by atoms with Gasteiger partial charge in [0, 0.05) is 6.04 Å². The maximum absolute atomic E-state index is 9.25. The molecule has 1 aliphatic carbocycles. The van der Waals surface area contributed by atoms with Gasteiger partial charge in [-0.1, -0.05) is 19.8 Å². The fraction of sp³-hybridized carbons (Fsp3) is 0.500. The van der Waals surface area contributed by atoms with Crippen LogP contribution < -0.4 is 5.32 Å². The molecule has 1 aliphatic rings. The lowest BCUT2D eigenvalue weighted by Crippen LogP contribution is -2.30. The van der Waals surface area contributed by atoms with Crippen LogP contribution >= 0.6 is 0 Å². The van der Waals surface area contributed by atoms with Gasteiger partial charge in [0.2, 0.25) is 0 Å². The van der Waals surface area contributed by atoms with E-state index in [-0.39, 0.29) is 0 Å². The van der Waals surface area contributed by atoms with E-state index in [1.807, 2.05) is 6.07 Å². The number of aromatic nitrogens is 3. The van der Waals surface area contributed by atoms with E-state index >= 15 is 0 Å². The standard InChI is InChI=1S/C14H17N5/c1-10-4-2-3-5-12(10)18-14-11(8-15)9-17-19-13(14)6-7-16-19/h6-7,9-10,12,18H,2-5H2,1H3. The zero-order valence-corrected chi connectivity index (χ0v) is 11.0. The van der Waals surface area contributed by atoms with Crippen LogP contribution in [0.3, 0.4) is 0 Å². The van der Waals surface area contributed by atoms with Crippen LogP contribution in [-0.4, -0.2) is 20.9 Å². The molecule has 0 radical (unpaired) electrons. The Bertz CT molecular complexity index is 624. The average Bonchev–Trinajstić information content (AvgIpc) is 2.90. The second kappa shape index (κ2) is 4.88. The molecular weight excluding hydrogens is 238 g/mol. The van der Waals surface area contributed by atoms with Crippen LogP contribution in [0.4, 0.5) is 5.69 Å². The van der Waals surface area contributed by atoms with Crippen LogP contribution in [0.5, 0.6) is 0 Å². The Balaban J connectivity index is 1.98. The molecule has 0 aliphatic heterocycles. The Morgan fingerprint density at radius 3 is 3.00 bits per heavy atom. The molecule has 2 heterocycles. The van der Waals surface area contributed by atoms with Gasteiger partial charge >= 0.3 is 0 Å². The van der Waals surface area contributed by atoms with E-state index in [9.17, 15) is 5.26 Å². The van der Waals surface area contributed by atoms with Crippen molar-refractivity contribution in [3.05, 3.63) is 24.0 Å². The van der Waals surface area contributed by atoms with Crippen molar-refractivity contribution in [2.45, 2.75) is 38.6 Å². The molecule has 0 aromatic carbocycles. The summed E-state index contributed by atoms with van der Waals surface area (Å²) in [6.45, 7) is 2.28. The minimum atomic E-state index is 0.432. The van der Waals surface area contributed by atoms with E-state index in [0.29, 0.717) is 17.5 Å². The molecule has 1 saturated carbocycles. The molecule has 98 valence electrons. The molecule has 2 unspecified atom stereocenters. The second-order valence-corrected chi connectivity index (χ2v) is 5.26. The molecule has 5 heteroatoms. The van der Waals surface area contributed by atoms with E-state index < -0.39 is 0 Å². The van der Waals surface area contributed by atoms with Gasteiger partial charge in [-0.15, -0.1) is 4.63 Å². The lowest BCUT2D eigenvalue weighted by atomic mass is 9.85. The van der Waals surface area contributed by atoms with Crippen LogP contribution in [0.1, 0.15) is 38.2 Å². The number of rotatable bonds is 2. The summed E-state index contributed by atoms with van der Waals surface area (Å²) in [4.78, 5) is 0. The van der Waals surface area contributed by atoms with Crippen molar-refractivity contribution in [1.29, 1.82) is 5.26 Å². The number of anilines is 1. The summed E-state index contributed by atoms with van der Waals surface area (Å²) in [5.74, 6) is 0.636. The quantitative estimate of drug-likeness (QED) is 0.895. The van der Waals surface area contributed by atoms with Gasteiger partial charge in [-0.3, -0.25) is 0 Å². The predicted molar refractivity (Wildman–Crippen MR) is 72.7 cm³/mol. The first kappa shape index (κ1) is 12.0. The average molecular weight is 255 g/mol. The third-order valence-electron chi connectivity index (χ3n) is 4.01. The van der Waals surface area contributed by atoms with Crippen LogP contribution in [0.2, 0.25) is 0 Å². The highest BCUT2D eigenvalue weighted by molar-refractivity contribution is 5.77. The van der Waals surface area contributed by atoms with Crippen LogP contribution in [0.25, 0.3) is 5.52 Å². The fourth-order valence-electron chi connectivity index (χ4n) is 2.84. The van der Waals surface area contributed by atoms with Gasteiger partial charge in [0.25, 0.3) is 0 Å². The monoisotopic (exact) mass is 255 g/mol. The highest BCUT2D eigenvalue weighted by atomic mass is 15.4. The molecule has 2 aromatic heterocycles. The molecule has 0 spiro atoms. The van der Waals surface area contributed by atoms with Crippen molar-refractivity contribution in [1.82, 2.24) is 14.8 Å². The number of fused-ring (bicyclic) bond motifs is 1. The van der Waals surface area contributed by atoms with Crippen LogP contribution in [0, 0.1) is 17.2 Å². The van der Waals surface area contributed by atoms with Gasteiger partial charge in [0.05, 0.1) is 23.6 Å². The topological polar surface area (TPSA) is 66.0 Å². The summed E-state index contributed by atoms with van der Waals surface area (Å²) < 4.78 is 1.57. The summed E-state index contributed by atoms with van der Waals surface area (Å²) in [5.41, 5.74) is 2.33. The second-order valence-electron chi connectivity index (χ2n) is 5.26. The van der Waals surface area contributed by atoms with E-state index in [4.69, 9.17) is 0 Å². The largest absolute Gasteiger partial charge is 0.379 e. The van der Waals surface area contributed by atoms with Crippen molar-refractivity contribution in [3.63, 3.8) is 0 Å². The molecule has 1 N–H and O–H groups in total. The molecule has 19 heavy (non-hydrogen) atoms. The zero-order chi connectivity index (χ0) is 13.2.